The fraction of sp³-hybridized carbons (Fsp3) is 0.231. The zero-order valence-electron chi connectivity index (χ0n) is 10.4. The Morgan fingerprint density at radius 3 is 2.89 bits per heavy atom. The van der Waals surface area contributed by atoms with Crippen LogP contribution in [0, 0.1) is 0 Å². The van der Waals surface area contributed by atoms with Crippen molar-refractivity contribution in [3.8, 4) is 0 Å². The van der Waals surface area contributed by atoms with Crippen molar-refractivity contribution in [3.63, 3.8) is 0 Å². The van der Waals surface area contributed by atoms with Gasteiger partial charge in [-0.15, -0.1) is 11.3 Å². The first-order valence-electron chi connectivity index (χ1n) is 5.80. The molecule has 0 radical (unpaired) electrons. The molecule has 1 aromatic heterocycles. The summed E-state index contributed by atoms with van der Waals surface area (Å²) in [5.74, 6) is -0.182. The number of carbonyl (C=O) groups excluding carboxylic acids is 1. The number of benzene rings is 1. The van der Waals surface area contributed by atoms with Crippen LogP contribution < -0.4 is 11.1 Å². The van der Waals surface area contributed by atoms with Crippen molar-refractivity contribution in [3.05, 3.63) is 50.4 Å². The topological polar surface area (TPSA) is 68.0 Å². The van der Waals surface area contributed by atoms with E-state index in [2.05, 4.69) is 26.2 Å². The van der Waals surface area contributed by atoms with Gasteiger partial charge in [-0.3, -0.25) is 4.79 Å². The molecule has 0 saturated carbocycles. The highest BCUT2D eigenvalue weighted by molar-refractivity contribution is 9.10. The Balaban J connectivity index is 1.99. The van der Waals surface area contributed by atoms with Crippen molar-refractivity contribution in [2.75, 3.05) is 0 Å². The van der Waals surface area contributed by atoms with E-state index in [0.717, 1.165) is 15.0 Å². The van der Waals surface area contributed by atoms with E-state index in [1.807, 2.05) is 31.2 Å². The third-order valence-electron chi connectivity index (χ3n) is 2.54. The highest BCUT2D eigenvalue weighted by Crippen LogP contribution is 2.17. The van der Waals surface area contributed by atoms with Gasteiger partial charge in [-0.05, 0) is 18.6 Å². The number of halogens is 1. The molecular weight excluding hydrogens is 326 g/mol. The molecule has 0 bridgehead atoms. The maximum absolute atomic E-state index is 11.9. The zero-order valence-corrected chi connectivity index (χ0v) is 12.8. The highest BCUT2D eigenvalue weighted by atomic mass is 79.9. The lowest BCUT2D eigenvalue weighted by molar-refractivity contribution is 0.0946. The van der Waals surface area contributed by atoms with Crippen molar-refractivity contribution >= 4 is 33.2 Å². The predicted octanol–water partition coefficient (Wildman–Crippen LogP) is 2.86. The largest absolute Gasteiger partial charge is 0.347 e. The summed E-state index contributed by atoms with van der Waals surface area (Å²) in [6.45, 7) is 2.31. The lowest BCUT2D eigenvalue weighted by atomic mass is 10.2. The first-order chi connectivity index (χ1) is 9.08. The molecule has 1 aromatic carbocycles. The van der Waals surface area contributed by atoms with Crippen LogP contribution >= 0.6 is 27.3 Å². The van der Waals surface area contributed by atoms with Crippen LogP contribution in [0.4, 0.5) is 0 Å². The second kappa shape index (κ2) is 6.27. The molecule has 4 nitrogen and oxygen atoms in total. The van der Waals surface area contributed by atoms with Crippen LogP contribution in [0.2, 0.25) is 0 Å². The number of hydrogen-bond donors (Lipinski definition) is 2. The van der Waals surface area contributed by atoms with Crippen LogP contribution in [0.15, 0.2) is 34.1 Å². The Bertz CT molecular complexity index is 583. The number of carbonyl (C=O) groups is 1. The maximum Gasteiger partial charge on any atom is 0.271 e. The van der Waals surface area contributed by atoms with E-state index in [4.69, 9.17) is 5.73 Å². The molecule has 2 rings (SSSR count). The summed E-state index contributed by atoms with van der Waals surface area (Å²) in [5, 5.41) is 5.34. The molecule has 1 atom stereocenters. The van der Waals surface area contributed by atoms with E-state index in [0.29, 0.717) is 12.2 Å². The molecule has 100 valence electrons. The molecule has 1 heterocycles. The third-order valence-corrected chi connectivity index (χ3v) is 4.36. The number of nitrogens with zero attached hydrogens (tertiary/aromatic N) is 1. The first-order valence-corrected chi connectivity index (χ1v) is 7.48. The van der Waals surface area contributed by atoms with Gasteiger partial charge in [0.2, 0.25) is 0 Å². The lowest BCUT2D eigenvalue weighted by Crippen LogP contribution is -2.23. The van der Waals surface area contributed by atoms with Crippen molar-refractivity contribution in [1.82, 2.24) is 10.3 Å². The molecular formula is C13H14BrN3OS. The minimum absolute atomic E-state index is 0.144. The van der Waals surface area contributed by atoms with Crippen LogP contribution in [0.1, 0.15) is 34.0 Å². The summed E-state index contributed by atoms with van der Waals surface area (Å²) in [5.41, 5.74) is 7.17. The van der Waals surface area contributed by atoms with Crippen LogP contribution in [-0.4, -0.2) is 10.9 Å². The van der Waals surface area contributed by atoms with Crippen molar-refractivity contribution in [2.45, 2.75) is 19.5 Å². The molecule has 0 saturated heterocycles. The molecule has 2 aromatic rings. The SMILES string of the molecule is CC(N)c1nc(C(=O)NCc2ccccc2Br)cs1. The van der Waals surface area contributed by atoms with E-state index in [1.54, 1.807) is 5.38 Å². The minimum atomic E-state index is -0.182. The molecule has 3 N–H and O–H groups in total. The van der Waals surface area contributed by atoms with E-state index in [-0.39, 0.29) is 11.9 Å². The molecule has 1 unspecified atom stereocenters. The molecule has 6 heteroatoms. The van der Waals surface area contributed by atoms with Gasteiger partial charge in [0.25, 0.3) is 5.91 Å². The summed E-state index contributed by atoms with van der Waals surface area (Å²) < 4.78 is 0.977. The van der Waals surface area contributed by atoms with Gasteiger partial charge >= 0.3 is 0 Å². The monoisotopic (exact) mass is 339 g/mol. The van der Waals surface area contributed by atoms with Gasteiger partial charge in [-0.2, -0.15) is 0 Å². The maximum atomic E-state index is 11.9. The number of rotatable bonds is 4. The number of hydrogen-bond acceptors (Lipinski definition) is 4. The average Bonchev–Trinajstić information content (AvgIpc) is 2.87. The standard InChI is InChI=1S/C13H14BrN3OS/c1-8(15)13-17-11(7-19-13)12(18)16-6-9-4-2-3-5-10(9)14/h2-5,7-8H,6,15H2,1H3,(H,16,18). The van der Waals surface area contributed by atoms with Crippen LogP contribution in [-0.2, 0) is 6.54 Å². The third kappa shape index (κ3) is 3.62. The summed E-state index contributed by atoms with van der Waals surface area (Å²) in [7, 11) is 0. The van der Waals surface area contributed by atoms with E-state index in [1.165, 1.54) is 11.3 Å². The quantitative estimate of drug-likeness (QED) is 0.899. The van der Waals surface area contributed by atoms with Gasteiger partial charge in [0, 0.05) is 16.4 Å². The molecule has 0 spiro atoms. The fourth-order valence-electron chi connectivity index (χ4n) is 1.51. The summed E-state index contributed by atoms with van der Waals surface area (Å²) in [6.07, 6.45) is 0. The van der Waals surface area contributed by atoms with Crippen molar-refractivity contribution in [2.24, 2.45) is 5.73 Å². The van der Waals surface area contributed by atoms with E-state index in [9.17, 15) is 4.79 Å². The molecule has 0 aliphatic heterocycles. The number of nitrogens with one attached hydrogen (secondary N) is 1. The molecule has 0 fully saturated rings. The smallest absolute Gasteiger partial charge is 0.271 e. The Labute approximate surface area is 124 Å². The van der Waals surface area contributed by atoms with Gasteiger partial charge in [-0.1, -0.05) is 34.1 Å². The molecule has 19 heavy (non-hydrogen) atoms. The molecule has 0 aliphatic carbocycles. The van der Waals surface area contributed by atoms with Gasteiger partial charge in [0.05, 0.1) is 6.04 Å². The number of amides is 1. The van der Waals surface area contributed by atoms with Gasteiger partial charge in [0.15, 0.2) is 0 Å². The molecule has 1 amide bonds. The summed E-state index contributed by atoms with van der Waals surface area (Å²) in [4.78, 5) is 16.2. The van der Waals surface area contributed by atoms with Crippen LogP contribution in [0.25, 0.3) is 0 Å². The normalized spacial score (nSPS) is 12.2. The number of aromatic nitrogens is 1. The van der Waals surface area contributed by atoms with Crippen molar-refractivity contribution < 1.29 is 4.79 Å². The Morgan fingerprint density at radius 2 is 2.26 bits per heavy atom. The Hall–Kier alpha value is -1.24. The first kappa shape index (κ1) is 14.2. The van der Waals surface area contributed by atoms with Gasteiger partial charge in [-0.25, -0.2) is 4.98 Å². The second-order valence-corrected chi connectivity index (χ2v) is 5.88. The van der Waals surface area contributed by atoms with Gasteiger partial charge < -0.3 is 11.1 Å². The van der Waals surface area contributed by atoms with Gasteiger partial charge in [0.1, 0.15) is 10.7 Å². The predicted molar refractivity (Wildman–Crippen MR) is 80.0 cm³/mol. The van der Waals surface area contributed by atoms with Crippen molar-refractivity contribution in [1.29, 1.82) is 0 Å². The zero-order chi connectivity index (χ0) is 13.8. The molecule has 0 aliphatic rings. The van der Waals surface area contributed by atoms with Crippen LogP contribution in [0.3, 0.4) is 0 Å². The minimum Gasteiger partial charge on any atom is -0.347 e. The number of nitrogens with two attached hydrogens (primary N) is 1. The Kier molecular flexibility index (Phi) is 4.68. The second-order valence-electron chi connectivity index (χ2n) is 4.13. The highest BCUT2D eigenvalue weighted by Gasteiger charge is 2.12. The number of thiazole rings is 1. The Morgan fingerprint density at radius 1 is 1.53 bits per heavy atom. The average molecular weight is 340 g/mol. The van der Waals surface area contributed by atoms with Crippen LogP contribution in [0.5, 0.6) is 0 Å². The lowest BCUT2D eigenvalue weighted by Gasteiger charge is -2.05. The van der Waals surface area contributed by atoms with E-state index < -0.39 is 0 Å². The summed E-state index contributed by atoms with van der Waals surface area (Å²) in [6, 6.07) is 7.63. The fourth-order valence-corrected chi connectivity index (χ4v) is 2.69. The van der Waals surface area contributed by atoms with E-state index >= 15 is 0 Å². The summed E-state index contributed by atoms with van der Waals surface area (Å²) >= 11 is 4.85.